The Hall–Kier alpha value is -1.12. The SMILES string of the molecule is CC1CCC(CCc2cc3c(c(F)c2F)OC(C)CC3)CC1.[HH]. The van der Waals surface area contributed by atoms with E-state index in [2.05, 4.69) is 6.92 Å². The molecule has 0 amide bonds. The number of hydrogen-bond acceptors (Lipinski definition) is 1. The van der Waals surface area contributed by atoms with Gasteiger partial charge < -0.3 is 4.74 Å². The summed E-state index contributed by atoms with van der Waals surface area (Å²) in [6, 6.07) is 1.84. The Kier molecular flexibility index (Phi) is 4.70. The fourth-order valence-electron chi connectivity index (χ4n) is 3.81. The van der Waals surface area contributed by atoms with E-state index in [0.29, 0.717) is 17.9 Å². The topological polar surface area (TPSA) is 9.23 Å². The van der Waals surface area contributed by atoms with Crippen LogP contribution in [0.4, 0.5) is 8.78 Å². The molecule has 3 rings (SSSR count). The molecule has 1 aliphatic carbocycles. The largest absolute Gasteiger partial charge is 0.487 e. The maximum Gasteiger partial charge on any atom is 0.201 e. The average Bonchev–Trinajstić information content (AvgIpc) is 2.52. The molecule has 1 aromatic rings. The lowest BCUT2D eigenvalue weighted by atomic mass is 9.80. The molecular weight excluding hydrogens is 282 g/mol. The van der Waals surface area contributed by atoms with Gasteiger partial charge in [0.05, 0.1) is 6.10 Å². The summed E-state index contributed by atoms with van der Waals surface area (Å²) in [6.45, 7) is 4.20. The van der Waals surface area contributed by atoms with Gasteiger partial charge in [-0.1, -0.05) is 32.6 Å². The molecule has 1 nitrogen and oxygen atoms in total. The molecule has 0 N–H and O–H groups in total. The quantitative estimate of drug-likeness (QED) is 0.697. The van der Waals surface area contributed by atoms with Gasteiger partial charge in [-0.3, -0.25) is 0 Å². The monoisotopic (exact) mass is 310 g/mol. The molecule has 124 valence electrons. The van der Waals surface area contributed by atoms with Crippen LogP contribution in [0.3, 0.4) is 0 Å². The maximum atomic E-state index is 14.3. The summed E-state index contributed by atoms with van der Waals surface area (Å²) < 4.78 is 34.0. The van der Waals surface area contributed by atoms with Crippen LogP contribution in [0.5, 0.6) is 5.75 Å². The summed E-state index contributed by atoms with van der Waals surface area (Å²) in [5, 5.41) is 0. The van der Waals surface area contributed by atoms with Crippen molar-refractivity contribution in [2.45, 2.75) is 71.3 Å². The number of rotatable bonds is 3. The van der Waals surface area contributed by atoms with Gasteiger partial charge in [-0.2, -0.15) is 4.39 Å². The number of halogens is 2. The van der Waals surface area contributed by atoms with Crippen LogP contribution in [-0.4, -0.2) is 6.10 Å². The molecule has 1 unspecified atom stereocenters. The Morgan fingerprint density at radius 2 is 1.82 bits per heavy atom. The zero-order chi connectivity index (χ0) is 15.7. The lowest BCUT2D eigenvalue weighted by Crippen LogP contribution is -2.21. The van der Waals surface area contributed by atoms with Crippen LogP contribution in [0, 0.1) is 23.5 Å². The van der Waals surface area contributed by atoms with Crippen molar-refractivity contribution in [2.24, 2.45) is 11.8 Å². The highest BCUT2D eigenvalue weighted by Gasteiger charge is 2.25. The molecule has 22 heavy (non-hydrogen) atoms. The minimum Gasteiger partial charge on any atom is -0.487 e. The third kappa shape index (κ3) is 3.28. The summed E-state index contributed by atoms with van der Waals surface area (Å²) in [6.07, 6.45) is 8.25. The van der Waals surface area contributed by atoms with Crippen LogP contribution in [0.1, 0.15) is 64.9 Å². The lowest BCUT2D eigenvalue weighted by molar-refractivity contribution is 0.180. The van der Waals surface area contributed by atoms with Crippen molar-refractivity contribution < 1.29 is 14.9 Å². The predicted molar refractivity (Wildman–Crippen MR) is 86.3 cm³/mol. The molecule has 1 heterocycles. The van der Waals surface area contributed by atoms with Gasteiger partial charge in [-0.25, -0.2) is 4.39 Å². The third-order valence-corrected chi connectivity index (χ3v) is 5.41. The molecule has 0 bridgehead atoms. The van der Waals surface area contributed by atoms with Crippen molar-refractivity contribution in [1.29, 1.82) is 0 Å². The fourth-order valence-corrected chi connectivity index (χ4v) is 3.81. The number of ether oxygens (including phenoxy) is 1. The van der Waals surface area contributed by atoms with E-state index in [9.17, 15) is 8.78 Å². The second-order valence-electron chi connectivity index (χ2n) is 7.28. The average molecular weight is 310 g/mol. The highest BCUT2D eigenvalue weighted by Crippen LogP contribution is 2.36. The first kappa shape index (κ1) is 15.8. The van der Waals surface area contributed by atoms with E-state index in [4.69, 9.17) is 4.74 Å². The van der Waals surface area contributed by atoms with Crippen LogP contribution in [0.25, 0.3) is 0 Å². The van der Waals surface area contributed by atoms with Crippen molar-refractivity contribution in [1.82, 2.24) is 0 Å². The van der Waals surface area contributed by atoms with Gasteiger partial charge in [0.2, 0.25) is 5.82 Å². The number of fused-ring (bicyclic) bond motifs is 1. The third-order valence-electron chi connectivity index (χ3n) is 5.41. The molecule has 1 aromatic carbocycles. The molecule has 0 radical (unpaired) electrons. The zero-order valence-corrected chi connectivity index (χ0v) is 13.6. The molecule has 1 atom stereocenters. The van der Waals surface area contributed by atoms with Gasteiger partial charge in [0.1, 0.15) is 0 Å². The second kappa shape index (κ2) is 6.55. The maximum absolute atomic E-state index is 14.3. The van der Waals surface area contributed by atoms with Crippen LogP contribution in [0.15, 0.2) is 6.07 Å². The highest BCUT2D eigenvalue weighted by molar-refractivity contribution is 5.41. The normalized spacial score (nSPS) is 28.1. The second-order valence-corrected chi connectivity index (χ2v) is 7.28. The molecule has 0 aromatic heterocycles. The van der Waals surface area contributed by atoms with Crippen LogP contribution >= 0.6 is 0 Å². The Morgan fingerprint density at radius 1 is 1.09 bits per heavy atom. The minimum atomic E-state index is -0.781. The smallest absolute Gasteiger partial charge is 0.201 e. The van der Waals surface area contributed by atoms with Crippen molar-refractivity contribution in [2.75, 3.05) is 0 Å². The molecular formula is C19H28F2O. The standard InChI is InChI=1S/C19H26F2O.H2/c1-12-3-6-14(7-4-12)8-10-15-11-16-9-5-13(2)22-19(16)18(21)17(15)20;/h11-14H,3-10H2,1-2H3;1H. The summed E-state index contributed by atoms with van der Waals surface area (Å²) in [5.74, 6) is 0.166. The van der Waals surface area contributed by atoms with E-state index in [-0.39, 0.29) is 13.3 Å². The predicted octanol–water partition coefficient (Wildman–Crippen LogP) is 5.68. The Balaban J connectivity index is 0.00000192. The summed E-state index contributed by atoms with van der Waals surface area (Å²) in [5.41, 5.74) is 1.37. The number of hydrogen-bond donors (Lipinski definition) is 0. The van der Waals surface area contributed by atoms with Crippen LogP contribution in [-0.2, 0) is 12.8 Å². The van der Waals surface area contributed by atoms with Gasteiger partial charge in [-0.05, 0) is 61.6 Å². The number of aryl methyl sites for hydroxylation is 2. The van der Waals surface area contributed by atoms with Crippen LogP contribution < -0.4 is 4.74 Å². The van der Waals surface area contributed by atoms with Crippen molar-refractivity contribution in [3.8, 4) is 5.75 Å². The van der Waals surface area contributed by atoms with E-state index >= 15 is 0 Å². The fraction of sp³-hybridized carbons (Fsp3) is 0.684. The molecule has 3 heteroatoms. The molecule has 2 aliphatic rings. The highest BCUT2D eigenvalue weighted by atomic mass is 19.2. The van der Waals surface area contributed by atoms with Crippen molar-refractivity contribution in [3.63, 3.8) is 0 Å². The zero-order valence-electron chi connectivity index (χ0n) is 13.6. The van der Waals surface area contributed by atoms with E-state index < -0.39 is 11.6 Å². The van der Waals surface area contributed by atoms with E-state index in [1.807, 2.05) is 13.0 Å². The Labute approximate surface area is 133 Å². The molecule has 1 fully saturated rings. The summed E-state index contributed by atoms with van der Waals surface area (Å²) in [4.78, 5) is 0. The summed E-state index contributed by atoms with van der Waals surface area (Å²) in [7, 11) is 0. The molecule has 1 aliphatic heterocycles. The van der Waals surface area contributed by atoms with E-state index in [1.165, 1.54) is 25.7 Å². The molecule has 0 spiro atoms. The minimum absolute atomic E-state index is 0. The van der Waals surface area contributed by atoms with Gasteiger partial charge in [0.15, 0.2) is 11.6 Å². The molecule has 1 saturated carbocycles. The van der Waals surface area contributed by atoms with Crippen molar-refractivity contribution >= 4 is 0 Å². The van der Waals surface area contributed by atoms with E-state index in [1.54, 1.807) is 0 Å². The Morgan fingerprint density at radius 3 is 2.55 bits per heavy atom. The van der Waals surface area contributed by atoms with Gasteiger partial charge in [0.25, 0.3) is 0 Å². The Bertz CT molecular complexity index is 539. The first-order valence-corrected chi connectivity index (χ1v) is 8.71. The van der Waals surface area contributed by atoms with Gasteiger partial charge in [-0.15, -0.1) is 0 Å². The first-order chi connectivity index (χ1) is 10.5. The van der Waals surface area contributed by atoms with Crippen LogP contribution in [0.2, 0.25) is 0 Å². The van der Waals surface area contributed by atoms with Gasteiger partial charge >= 0.3 is 0 Å². The molecule has 0 saturated heterocycles. The van der Waals surface area contributed by atoms with Gasteiger partial charge in [0, 0.05) is 1.43 Å². The van der Waals surface area contributed by atoms with Crippen molar-refractivity contribution in [3.05, 3.63) is 28.8 Å². The van der Waals surface area contributed by atoms with E-state index in [0.717, 1.165) is 30.7 Å². The first-order valence-electron chi connectivity index (χ1n) is 8.71. The summed E-state index contributed by atoms with van der Waals surface area (Å²) >= 11 is 0. The number of benzene rings is 1. The lowest BCUT2D eigenvalue weighted by Gasteiger charge is -2.27.